The van der Waals surface area contributed by atoms with E-state index in [2.05, 4.69) is 20.9 Å². The summed E-state index contributed by atoms with van der Waals surface area (Å²) in [5, 5.41) is 14.1. The fraction of sp³-hybridized carbons (Fsp3) is 0.474. The molecule has 4 rings (SSSR count). The van der Waals surface area contributed by atoms with Gasteiger partial charge in [-0.25, -0.2) is 4.68 Å². The van der Waals surface area contributed by atoms with Crippen molar-refractivity contribution in [1.82, 2.24) is 25.6 Å². The highest BCUT2D eigenvalue weighted by atomic mass is 16.2. The summed E-state index contributed by atoms with van der Waals surface area (Å²) in [6, 6.07) is 7.80. The van der Waals surface area contributed by atoms with E-state index in [4.69, 9.17) is 0 Å². The van der Waals surface area contributed by atoms with Crippen molar-refractivity contribution < 1.29 is 9.59 Å². The van der Waals surface area contributed by atoms with Gasteiger partial charge in [-0.05, 0) is 56.9 Å². The number of benzene rings is 1. The van der Waals surface area contributed by atoms with Gasteiger partial charge in [-0.1, -0.05) is 18.1 Å². The van der Waals surface area contributed by atoms with Crippen LogP contribution < -0.4 is 10.6 Å². The van der Waals surface area contributed by atoms with Crippen molar-refractivity contribution in [2.24, 2.45) is 0 Å². The minimum atomic E-state index is -0.177. The number of hydrogen-bond acceptors (Lipinski definition) is 4. The lowest BCUT2D eigenvalue weighted by Crippen LogP contribution is -2.32. The van der Waals surface area contributed by atoms with Crippen LogP contribution in [0.15, 0.2) is 24.3 Å². The smallest absolute Gasteiger partial charge is 0.273 e. The normalized spacial score (nSPS) is 17.3. The van der Waals surface area contributed by atoms with Gasteiger partial charge in [-0.2, -0.15) is 0 Å². The Labute approximate surface area is 152 Å². The number of carbonyl (C=O) groups is 2. The monoisotopic (exact) mass is 353 g/mol. The molecule has 2 aliphatic carbocycles. The fourth-order valence-electron chi connectivity index (χ4n) is 3.36. The molecule has 0 saturated heterocycles. The van der Waals surface area contributed by atoms with E-state index in [9.17, 15) is 9.59 Å². The van der Waals surface area contributed by atoms with Crippen molar-refractivity contribution in [1.29, 1.82) is 0 Å². The third-order valence-electron chi connectivity index (χ3n) is 5.09. The molecule has 0 aliphatic heterocycles. The molecule has 0 radical (unpaired) electrons. The molecule has 1 aromatic heterocycles. The molecule has 2 saturated carbocycles. The lowest BCUT2D eigenvalue weighted by molar-refractivity contribution is 0.0932. The molecular weight excluding hydrogens is 330 g/mol. The third kappa shape index (κ3) is 3.47. The molecule has 2 fully saturated rings. The van der Waals surface area contributed by atoms with Gasteiger partial charge in [-0.15, -0.1) is 5.10 Å². The van der Waals surface area contributed by atoms with E-state index in [0.29, 0.717) is 23.0 Å². The molecule has 2 aromatic rings. The maximum Gasteiger partial charge on any atom is 0.273 e. The lowest BCUT2D eigenvalue weighted by Gasteiger charge is -2.12. The van der Waals surface area contributed by atoms with Crippen molar-refractivity contribution in [3.63, 3.8) is 0 Å². The highest BCUT2D eigenvalue weighted by Crippen LogP contribution is 2.21. The van der Waals surface area contributed by atoms with Crippen LogP contribution in [0.3, 0.4) is 0 Å². The lowest BCUT2D eigenvalue weighted by atomic mass is 10.1. The van der Waals surface area contributed by atoms with Gasteiger partial charge >= 0.3 is 0 Å². The standard InChI is InChI=1S/C19H23N5O2/c1-12-17(19(26)21-15-8-9-15)22-23-24(12)16-10-6-13(7-11-16)18(25)20-14-4-2-3-5-14/h6-7,10-11,14-15H,2-5,8-9H2,1H3,(H,20,25)(H,21,26). The van der Waals surface area contributed by atoms with Crippen LogP contribution in [0.25, 0.3) is 5.69 Å². The minimum absolute atomic E-state index is 0.0386. The molecular formula is C19H23N5O2. The summed E-state index contributed by atoms with van der Waals surface area (Å²) in [5.74, 6) is -0.216. The second-order valence-electron chi connectivity index (χ2n) is 7.18. The minimum Gasteiger partial charge on any atom is -0.349 e. The van der Waals surface area contributed by atoms with Gasteiger partial charge in [0.15, 0.2) is 5.69 Å². The Morgan fingerprint density at radius 1 is 0.962 bits per heavy atom. The van der Waals surface area contributed by atoms with E-state index in [-0.39, 0.29) is 17.9 Å². The molecule has 2 N–H and O–H groups in total. The molecule has 1 heterocycles. The first-order valence-electron chi connectivity index (χ1n) is 9.26. The second kappa shape index (κ2) is 6.90. The van der Waals surface area contributed by atoms with Crippen LogP contribution >= 0.6 is 0 Å². The Morgan fingerprint density at radius 3 is 2.23 bits per heavy atom. The Balaban J connectivity index is 1.47. The number of rotatable bonds is 5. The summed E-state index contributed by atoms with van der Waals surface area (Å²) in [5.41, 5.74) is 2.44. The van der Waals surface area contributed by atoms with Gasteiger partial charge in [0, 0.05) is 17.6 Å². The number of hydrogen-bond donors (Lipinski definition) is 2. The molecule has 26 heavy (non-hydrogen) atoms. The summed E-state index contributed by atoms with van der Waals surface area (Å²) in [7, 11) is 0. The van der Waals surface area contributed by atoms with Crippen molar-refractivity contribution in [3.05, 3.63) is 41.2 Å². The van der Waals surface area contributed by atoms with Crippen molar-refractivity contribution in [2.45, 2.75) is 57.5 Å². The average molecular weight is 353 g/mol. The predicted molar refractivity (Wildman–Crippen MR) is 96.3 cm³/mol. The maximum atomic E-state index is 12.3. The summed E-state index contributed by atoms with van der Waals surface area (Å²) in [6.45, 7) is 1.82. The van der Waals surface area contributed by atoms with Crippen LogP contribution in [0.1, 0.15) is 65.1 Å². The van der Waals surface area contributed by atoms with Crippen molar-refractivity contribution >= 4 is 11.8 Å². The summed E-state index contributed by atoms with van der Waals surface area (Å²) < 4.78 is 1.63. The molecule has 2 aliphatic rings. The summed E-state index contributed by atoms with van der Waals surface area (Å²) in [6.07, 6.45) is 6.56. The van der Waals surface area contributed by atoms with Gasteiger partial charge in [0.05, 0.1) is 11.4 Å². The zero-order valence-corrected chi connectivity index (χ0v) is 14.9. The molecule has 0 bridgehead atoms. The van der Waals surface area contributed by atoms with E-state index >= 15 is 0 Å². The Bertz CT molecular complexity index is 817. The molecule has 136 valence electrons. The van der Waals surface area contributed by atoms with Crippen molar-refractivity contribution in [3.8, 4) is 5.69 Å². The van der Waals surface area contributed by atoms with Gasteiger partial charge in [0.1, 0.15) is 0 Å². The van der Waals surface area contributed by atoms with Crippen LogP contribution in [0, 0.1) is 6.92 Å². The zero-order valence-electron chi connectivity index (χ0n) is 14.9. The zero-order chi connectivity index (χ0) is 18.1. The Hall–Kier alpha value is -2.70. The molecule has 2 amide bonds. The molecule has 1 aromatic carbocycles. The number of nitrogens with one attached hydrogen (secondary N) is 2. The SMILES string of the molecule is Cc1c(C(=O)NC2CC2)nnn1-c1ccc(C(=O)NC2CCCC2)cc1. The van der Waals surface area contributed by atoms with E-state index in [1.54, 1.807) is 16.8 Å². The molecule has 0 spiro atoms. The highest BCUT2D eigenvalue weighted by Gasteiger charge is 2.26. The quantitative estimate of drug-likeness (QED) is 0.862. The maximum absolute atomic E-state index is 12.3. The van der Waals surface area contributed by atoms with Gasteiger partial charge in [0.25, 0.3) is 11.8 Å². The van der Waals surface area contributed by atoms with Gasteiger partial charge in [0.2, 0.25) is 0 Å². The average Bonchev–Trinajstić information content (AvgIpc) is 3.15. The fourth-order valence-corrected chi connectivity index (χ4v) is 3.36. The largest absolute Gasteiger partial charge is 0.349 e. The predicted octanol–water partition coefficient (Wildman–Crippen LogP) is 2.14. The number of nitrogens with zero attached hydrogens (tertiary/aromatic N) is 3. The summed E-state index contributed by atoms with van der Waals surface area (Å²) >= 11 is 0. The highest BCUT2D eigenvalue weighted by molar-refractivity contribution is 5.95. The molecule has 0 unspecified atom stereocenters. The number of carbonyl (C=O) groups excluding carboxylic acids is 2. The van der Waals surface area contributed by atoms with Gasteiger partial charge < -0.3 is 10.6 Å². The second-order valence-corrected chi connectivity index (χ2v) is 7.18. The summed E-state index contributed by atoms with van der Waals surface area (Å²) in [4.78, 5) is 24.5. The topological polar surface area (TPSA) is 88.9 Å². The Kier molecular flexibility index (Phi) is 4.44. The number of amides is 2. The van der Waals surface area contributed by atoms with Crippen LogP contribution in [0.2, 0.25) is 0 Å². The number of aromatic nitrogens is 3. The molecule has 0 atom stereocenters. The Morgan fingerprint density at radius 2 is 1.58 bits per heavy atom. The molecule has 7 heteroatoms. The van der Waals surface area contributed by atoms with Crippen LogP contribution in [-0.4, -0.2) is 38.9 Å². The van der Waals surface area contributed by atoms with Crippen LogP contribution in [0.5, 0.6) is 0 Å². The van der Waals surface area contributed by atoms with Crippen LogP contribution in [0.4, 0.5) is 0 Å². The van der Waals surface area contributed by atoms with Crippen molar-refractivity contribution in [2.75, 3.05) is 0 Å². The van der Waals surface area contributed by atoms with E-state index in [1.165, 1.54) is 12.8 Å². The first-order chi connectivity index (χ1) is 12.6. The molecule has 7 nitrogen and oxygen atoms in total. The first-order valence-corrected chi connectivity index (χ1v) is 9.26. The van der Waals surface area contributed by atoms with Crippen LogP contribution in [-0.2, 0) is 0 Å². The van der Waals surface area contributed by atoms with Gasteiger partial charge in [-0.3, -0.25) is 9.59 Å². The van der Waals surface area contributed by atoms with E-state index in [1.807, 2.05) is 19.1 Å². The third-order valence-corrected chi connectivity index (χ3v) is 5.09. The van der Waals surface area contributed by atoms with E-state index < -0.39 is 0 Å². The van der Waals surface area contributed by atoms with E-state index in [0.717, 1.165) is 31.4 Å². The first kappa shape index (κ1) is 16.8.